The summed E-state index contributed by atoms with van der Waals surface area (Å²) in [6.07, 6.45) is 3.39. The Morgan fingerprint density at radius 2 is 2.37 bits per heavy atom. The first-order valence-corrected chi connectivity index (χ1v) is 6.41. The molecule has 1 aromatic heterocycles. The summed E-state index contributed by atoms with van der Waals surface area (Å²) in [5.74, 6) is 0.807. The minimum atomic E-state index is -0.526. The van der Waals surface area contributed by atoms with Crippen molar-refractivity contribution in [3.8, 4) is 0 Å². The maximum atomic E-state index is 11.9. The molecule has 0 spiro atoms. The molecule has 6 nitrogen and oxygen atoms in total. The van der Waals surface area contributed by atoms with Gasteiger partial charge < -0.3 is 19.2 Å². The average molecular weight is 268 g/mol. The lowest BCUT2D eigenvalue weighted by atomic mass is 9.97. The van der Waals surface area contributed by atoms with E-state index >= 15 is 0 Å². The third-order valence-corrected chi connectivity index (χ3v) is 2.87. The zero-order valence-electron chi connectivity index (χ0n) is 11.5. The van der Waals surface area contributed by atoms with Crippen molar-refractivity contribution >= 4 is 6.09 Å². The molecule has 0 saturated carbocycles. The Kier molecular flexibility index (Phi) is 4.09. The van der Waals surface area contributed by atoms with Gasteiger partial charge in [-0.3, -0.25) is 0 Å². The van der Waals surface area contributed by atoms with E-state index in [2.05, 4.69) is 10.3 Å². The van der Waals surface area contributed by atoms with Crippen LogP contribution < -0.4 is 5.32 Å². The number of alkyl carbamates (subject to hydrolysis) is 1. The van der Waals surface area contributed by atoms with E-state index in [1.807, 2.05) is 20.8 Å². The van der Waals surface area contributed by atoms with E-state index in [4.69, 9.17) is 13.9 Å². The third-order valence-electron chi connectivity index (χ3n) is 2.87. The predicted molar refractivity (Wildman–Crippen MR) is 67.5 cm³/mol. The zero-order valence-corrected chi connectivity index (χ0v) is 11.5. The van der Waals surface area contributed by atoms with Crippen LogP contribution in [-0.4, -0.2) is 29.9 Å². The smallest absolute Gasteiger partial charge is 0.408 e. The van der Waals surface area contributed by atoms with Gasteiger partial charge in [0.25, 0.3) is 0 Å². The first-order valence-electron chi connectivity index (χ1n) is 6.41. The summed E-state index contributed by atoms with van der Waals surface area (Å²) in [5, 5.41) is 2.84. The van der Waals surface area contributed by atoms with Crippen LogP contribution in [0.1, 0.15) is 39.0 Å². The van der Waals surface area contributed by atoms with E-state index < -0.39 is 11.7 Å². The van der Waals surface area contributed by atoms with Crippen LogP contribution in [-0.2, 0) is 9.47 Å². The highest BCUT2D eigenvalue weighted by atomic mass is 16.6. The zero-order chi connectivity index (χ0) is 13.9. The number of ether oxygens (including phenoxy) is 2. The summed E-state index contributed by atoms with van der Waals surface area (Å²) in [7, 11) is 0. The molecular weight excluding hydrogens is 248 g/mol. The van der Waals surface area contributed by atoms with Gasteiger partial charge in [0.2, 0.25) is 0 Å². The molecule has 1 aliphatic heterocycles. The van der Waals surface area contributed by atoms with Gasteiger partial charge in [0, 0.05) is 12.5 Å². The fraction of sp³-hybridized carbons (Fsp3) is 0.692. The summed E-state index contributed by atoms with van der Waals surface area (Å²) < 4.78 is 15.9. The Labute approximate surface area is 112 Å². The molecule has 2 rings (SSSR count). The fourth-order valence-corrected chi connectivity index (χ4v) is 2.05. The first-order chi connectivity index (χ1) is 8.96. The third kappa shape index (κ3) is 3.96. The minimum absolute atomic E-state index is 0.181. The quantitative estimate of drug-likeness (QED) is 0.910. The maximum absolute atomic E-state index is 11.9. The molecule has 1 aliphatic rings. The van der Waals surface area contributed by atoms with Crippen molar-refractivity contribution in [2.75, 3.05) is 13.2 Å². The van der Waals surface area contributed by atoms with Crippen molar-refractivity contribution in [2.45, 2.75) is 38.8 Å². The fourth-order valence-electron chi connectivity index (χ4n) is 2.05. The van der Waals surface area contributed by atoms with Crippen molar-refractivity contribution < 1.29 is 18.7 Å². The molecule has 0 aliphatic carbocycles. The lowest BCUT2D eigenvalue weighted by Gasteiger charge is -2.25. The Morgan fingerprint density at radius 1 is 1.58 bits per heavy atom. The number of hydrogen-bond acceptors (Lipinski definition) is 5. The van der Waals surface area contributed by atoms with Gasteiger partial charge in [-0.1, -0.05) is 0 Å². The molecule has 106 valence electrons. The molecule has 1 fully saturated rings. The van der Waals surface area contributed by atoms with E-state index in [0.29, 0.717) is 19.0 Å². The number of hydrogen-bond donors (Lipinski definition) is 1. The number of oxazole rings is 1. The van der Waals surface area contributed by atoms with Crippen LogP contribution in [0.3, 0.4) is 0 Å². The summed E-state index contributed by atoms with van der Waals surface area (Å²) >= 11 is 0. The Balaban J connectivity index is 2.04. The van der Waals surface area contributed by atoms with Crippen LogP contribution in [0.4, 0.5) is 4.79 Å². The highest BCUT2D eigenvalue weighted by molar-refractivity contribution is 5.68. The molecule has 1 aromatic rings. The lowest BCUT2D eigenvalue weighted by molar-refractivity contribution is 0.0471. The molecule has 19 heavy (non-hydrogen) atoms. The molecule has 2 heterocycles. The van der Waals surface area contributed by atoms with Gasteiger partial charge in [0.1, 0.15) is 11.4 Å². The molecule has 6 heteroatoms. The van der Waals surface area contributed by atoms with Gasteiger partial charge in [-0.2, -0.15) is 0 Å². The van der Waals surface area contributed by atoms with Gasteiger partial charge in [-0.05, 0) is 27.2 Å². The lowest BCUT2D eigenvalue weighted by Crippen LogP contribution is -2.37. The molecule has 0 radical (unpaired) electrons. The van der Waals surface area contributed by atoms with Crippen molar-refractivity contribution in [2.24, 2.45) is 5.92 Å². The van der Waals surface area contributed by atoms with Crippen molar-refractivity contribution in [1.82, 2.24) is 10.3 Å². The predicted octanol–water partition coefficient (Wildman–Crippen LogP) is 2.28. The number of rotatable bonds is 3. The maximum Gasteiger partial charge on any atom is 0.408 e. The summed E-state index contributed by atoms with van der Waals surface area (Å²) in [5.41, 5.74) is -0.526. The monoisotopic (exact) mass is 268 g/mol. The van der Waals surface area contributed by atoms with Crippen LogP contribution >= 0.6 is 0 Å². The highest BCUT2D eigenvalue weighted by Crippen LogP contribution is 2.28. The topological polar surface area (TPSA) is 73.6 Å². The molecular formula is C13H20N2O4. The van der Waals surface area contributed by atoms with Gasteiger partial charge in [-0.25, -0.2) is 9.78 Å². The minimum Gasteiger partial charge on any atom is -0.446 e. The van der Waals surface area contributed by atoms with Crippen LogP contribution in [0.15, 0.2) is 17.0 Å². The molecule has 1 saturated heterocycles. The van der Waals surface area contributed by atoms with E-state index in [-0.39, 0.29) is 12.0 Å². The van der Waals surface area contributed by atoms with Crippen molar-refractivity contribution in [3.05, 3.63) is 18.4 Å². The normalized spacial score (nSPS) is 21.1. The number of carbonyl (C=O) groups excluding carboxylic acids is 1. The van der Waals surface area contributed by atoms with Gasteiger partial charge in [0.15, 0.2) is 6.39 Å². The Bertz CT molecular complexity index is 405. The van der Waals surface area contributed by atoms with Gasteiger partial charge in [0.05, 0.1) is 18.8 Å². The Hall–Kier alpha value is -1.56. The van der Waals surface area contributed by atoms with E-state index in [1.54, 1.807) is 6.20 Å². The number of aromatic nitrogens is 1. The average Bonchev–Trinajstić information content (AvgIpc) is 2.97. The number of nitrogens with one attached hydrogen (secondary N) is 1. The van der Waals surface area contributed by atoms with Crippen molar-refractivity contribution in [1.29, 1.82) is 0 Å². The van der Waals surface area contributed by atoms with Gasteiger partial charge in [-0.15, -0.1) is 0 Å². The molecule has 1 N–H and O–H groups in total. The largest absolute Gasteiger partial charge is 0.446 e. The molecule has 0 aromatic carbocycles. The summed E-state index contributed by atoms with van der Waals surface area (Å²) in [4.78, 5) is 15.8. The van der Waals surface area contributed by atoms with Crippen molar-refractivity contribution in [3.63, 3.8) is 0 Å². The second-order valence-corrected chi connectivity index (χ2v) is 5.65. The van der Waals surface area contributed by atoms with Gasteiger partial charge >= 0.3 is 6.09 Å². The molecule has 0 bridgehead atoms. The molecule has 1 amide bonds. The summed E-state index contributed by atoms with van der Waals surface area (Å²) in [6, 6.07) is -0.264. The van der Waals surface area contributed by atoms with Crippen LogP contribution in [0.5, 0.6) is 0 Å². The SMILES string of the molecule is CC(C)(C)OC(=O)NC(c1cnco1)C1CCOC1. The van der Waals surface area contributed by atoms with E-state index in [0.717, 1.165) is 6.42 Å². The van der Waals surface area contributed by atoms with E-state index in [1.165, 1.54) is 6.39 Å². The number of nitrogens with zero attached hydrogens (tertiary/aromatic N) is 1. The number of amides is 1. The molecule has 2 unspecified atom stereocenters. The van der Waals surface area contributed by atoms with Crippen LogP contribution in [0.2, 0.25) is 0 Å². The van der Waals surface area contributed by atoms with Crippen LogP contribution in [0.25, 0.3) is 0 Å². The number of carbonyl (C=O) groups is 1. The first kappa shape index (κ1) is 13.9. The molecule has 2 atom stereocenters. The standard InChI is InChI=1S/C13H20N2O4/c1-13(2,3)19-12(16)15-11(9-4-5-17-7-9)10-6-14-8-18-10/h6,8-9,11H,4-5,7H2,1-3H3,(H,15,16). The second kappa shape index (κ2) is 5.61. The van der Waals surface area contributed by atoms with E-state index in [9.17, 15) is 4.79 Å². The highest BCUT2D eigenvalue weighted by Gasteiger charge is 2.32. The summed E-state index contributed by atoms with van der Waals surface area (Å²) in [6.45, 7) is 6.78. The van der Waals surface area contributed by atoms with Crippen LogP contribution in [0, 0.1) is 5.92 Å². The second-order valence-electron chi connectivity index (χ2n) is 5.65. The Morgan fingerprint density at radius 3 is 2.89 bits per heavy atom.